The molecule has 1 aromatic heterocycles. The highest BCUT2D eigenvalue weighted by atomic mass is 28.3. The molecule has 5 nitrogen and oxygen atoms in total. The zero-order valence-electron chi connectivity index (χ0n) is 11.2. The lowest BCUT2D eigenvalue weighted by atomic mass is 10.6. The SMILES string of the molecule is CCOc1cc(N)nn1COCC[Si](C)(C)C. The first-order valence-corrected chi connectivity index (χ1v) is 9.67. The lowest BCUT2D eigenvalue weighted by Crippen LogP contribution is -2.22. The molecule has 0 aliphatic heterocycles. The number of hydrogen-bond acceptors (Lipinski definition) is 4. The Morgan fingerprint density at radius 3 is 2.71 bits per heavy atom. The van der Waals surface area contributed by atoms with E-state index in [1.807, 2.05) is 6.92 Å². The van der Waals surface area contributed by atoms with Crippen molar-refractivity contribution in [3.8, 4) is 5.88 Å². The van der Waals surface area contributed by atoms with Crippen molar-refractivity contribution in [3.63, 3.8) is 0 Å². The van der Waals surface area contributed by atoms with Gasteiger partial charge < -0.3 is 15.2 Å². The van der Waals surface area contributed by atoms with E-state index >= 15 is 0 Å². The molecule has 17 heavy (non-hydrogen) atoms. The van der Waals surface area contributed by atoms with Crippen molar-refractivity contribution >= 4 is 13.9 Å². The van der Waals surface area contributed by atoms with E-state index < -0.39 is 8.07 Å². The molecule has 2 N–H and O–H groups in total. The number of rotatable bonds is 7. The van der Waals surface area contributed by atoms with Crippen LogP contribution in [0.3, 0.4) is 0 Å². The number of nitrogens with two attached hydrogens (primary N) is 1. The van der Waals surface area contributed by atoms with Gasteiger partial charge in [-0.25, -0.2) is 4.68 Å². The van der Waals surface area contributed by atoms with E-state index in [-0.39, 0.29) is 0 Å². The second-order valence-corrected chi connectivity index (χ2v) is 10.8. The van der Waals surface area contributed by atoms with Crippen LogP contribution in [-0.4, -0.2) is 31.1 Å². The van der Waals surface area contributed by atoms with Crippen molar-refractivity contribution in [3.05, 3.63) is 6.07 Å². The highest BCUT2D eigenvalue weighted by molar-refractivity contribution is 6.76. The number of nitrogen functional groups attached to an aromatic ring is 1. The summed E-state index contributed by atoms with van der Waals surface area (Å²) in [5.41, 5.74) is 5.62. The van der Waals surface area contributed by atoms with Crippen molar-refractivity contribution in [2.24, 2.45) is 0 Å². The molecule has 0 saturated carbocycles. The van der Waals surface area contributed by atoms with Crippen LogP contribution in [-0.2, 0) is 11.5 Å². The summed E-state index contributed by atoms with van der Waals surface area (Å²) >= 11 is 0. The third-order valence-electron chi connectivity index (χ3n) is 2.26. The normalized spacial score (nSPS) is 11.8. The van der Waals surface area contributed by atoms with Crippen LogP contribution in [0.5, 0.6) is 5.88 Å². The van der Waals surface area contributed by atoms with Crippen molar-refractivity contribution in [1.29, 1.82) is 0 Å². The Hall–Kier alpha value is -1.01. The predicted molar refractivity (Wildman–Crippen MR) is 71.9 cm³/mol. The van der Waals surface area contributed by atoms with Crippen LogP contribution in [0.2, 0.25) is 25.7 Å². The Morgan fingerprint density at radius 1 is 1.41 bits per heavy atom. The monoisotopic (exact) mass is 257 g/mol. The molecule has 0 unspecified atom stereocenters. The molecule has 0 aliphatic rings. The average Bonchev–Trinajstić information content (AvgIpc) is 2.53. The molecule has 1 aromatic rings. The molecular formula is C11H23N3O2Si. The molecular weight excluding hydrogens is 234 g/mol. The molecule has 1 heterocycles. The van der Waals surface area contributed by atoms with Crippen LogP contribution in [0.15, 0.2) is 6.07 Å². The molecule has 98 valence electrons. The van der Waals surface area contributed by atoms with Crippen LogP contribution >= 0.6 is 0 Å². The highest BCUT2D eigenvalue weighted by Crippen LogP contribution is 2.15. The first-order chi connectivity index (χ1) is 7.92. The third kappa shape index (κ3) is 5.23. The van der Waals surface area contributed by atoms with Crippen molar-refractivity contribution < 1.29 is 9.47 Å². The maximum atomic E-state index is 5.62. The van der Waals surface area contributed by atoms with Crippen molar-refractivity contribution in [2.45, 2.75) is 39.3 Å². The van der Waals surface area contributed by atoms with Gasteiger partial charge in [-0.15, -0.1) is 0 Å². The molecule has 0 spiro atoms. The molecule has 0 atom stereocenters. The van der Waals surface area contributed by atoms with Gasteiger partial charge >= 0.3 is 0 Å². The number of nitrogens with zero attached hydrogens (tertiary/aromatic N) is 2. The second kappa shape index (κ2) is 6.06. The lowest BCUT2D eigenvalue weighted by molar-refractivity contribution is 0.0710. The summed E-state index contributed by atoms with van der Waals surface area (Å²) in [6.07, 6.45) is 0. The largest absolute Gasteiger partial charge is 0.478 e. The van der Waals surface area contributed by atoms with Crippen LogP contribution in [0.4, 0.5) is 5.82 Å². The molecule has 0 bridgehead atoms. The van der Waals surface area contributed by atoms with E-state index in [0.717, 1.165) is 12.7 Å². The van der Waals surface area contributed by atoms with E-state index in [0.29, 0.717) is 25.0 Å². The van der Waals surface area contributed by atoms with Gasteiger partial charge in [0, 0.05) is 20.7 Å². The molecule has 0 saturated heterocycles. The van der Waals surface area contributed by atoms with Gasteiger partial charge in [0.25, 0.3) is 0 Å². The minimum Gasteiger partial charge on any atom is -0.478 e. The van der Waals surface area contributed by atoms with Gasteiger partial charge in [-0.3, -0.25) is 0 Å². The first-order valence-electron chi connectivity index (χ1n) is 5.96. The van der Waals surface area contributed by atoms with Gasteiger partial charge in [0.1, 0.15) is 12.5 Å². The van der Waals surface area contributed by atoms with Gasteiger partial charge in [-0.1, -0.05) is 19.6 Å². The zero-order valence-corrected chi connectivity index (χ0v) is 12.2. The first kappa shape index (κ1) is 14.0. The Bertz CT molecular complexity index is 347. The van der Waals surface area contributed by atoms with Gasteiger partial charge in [-0.2, -0.15) is 5.10 Å². The molecule has 6 heteroatoms. The summed E-state index contributed by atoms with van der Waals surface area (Å²) in [7, 11) is -1.03. The third-order valence-corrected chi connectivity index (χ3v) is 3.97. The number of aromatic nitrogens is 2. The summed E-state index contributed by atoms with van der Waals surface area (Å²) in [4.78, 5) is 0. The maximum Gasteiger partial charge on any atom is 0.216 e. The molecule has 0 aromatic carbocycles. The van der Waals surface area contributed by atoms with Crippen LogP contribution in [0.1, 0.15) is 6.92 Å². The lowest BCUT2D eigenvalue weighted by Gasteiger charge is -2.15. The summed E-state index contributed by atoms with van der Waals surface area (Å²) in [6.45, 7) is 10.7. The molecule has 1 rings (SSSR count). The maximum absolute atomic E-state index is 5.62. The van der Waals surface area contributed by atoms with Crippen molar-refractivity contribution in [1.82, 2.24) is 9.78 Å². The van der Waals surface area contributed by atoms with E-state index in [2.05, 4.69) is 24.7 Å². The van der Waals surface area contributed by atoms with Gasteiger partial charge in [0.2, 0.25) is 5.88 Å². The number of anilines is 1. The highest BCUT2D eigenvalue weighted by Gasteiger charge is 2.12. The Labute approximate surface area is 104 Å². The Kier molecular flexibility index (Phi) is 5.01. The number of hydrogen-bond donors (Lipinski definition) is 1. The van der Waals surface area contributed by atoms with Gasteiger partial charge in [0.05, 0.1) is 6.61 Å². The van der Waals surface area contributed by atoms with Crippen molar-refractivity contribution in [2.75, 3.05) is 18.9 Å². The van der Waals surface area contributed by atoms with E-state index in [9.17, 15) is 0 Å². The molecule has 0 aliphatic carbocycles. The summed E-state index contributed by atoms with van der Waals surface area (Å²) in [5, 5.41) is 4.12. The van der Waals surface area contributed by atoms with E-state index in [1.54, 1.807) is 10.7 Å². The fraction of sp³-hybridized carbons (Fsp3) is 0.727. The zero-order chi connectivity index (χ0) is 12.9. The summed E-state index contributed by atoms with van der Waals surface area (Å²) in [5.74, 6) is 1.13. The fourth-order valence-corrected chi connectivity index (χ4v) is 2.06. The average molecular weight is 257 g/mol. The molecule has 0 radical (unpaired) electrons. The van der Waals surface area contributed by atoms with Crippen LogP contribution < -0.4 is 10.5 Å². The quantitative estimate of drug-likeness (QED) is 0.600. The minimum absolute atomic E-state index is 0.400. The Balaban J connectivity index is 2.40. The fourth-order valence-electron chi connectivity index (χ4n) is 1.30. The van der Waals surface area contributed by atoms with Gasteiger partial charge in [0.15, 0.2) is 0 Å². The Morgan fingerprint density at radius 2 is 2.12 bits per heavy atom. The van der Waals surface area contributed by atoms with Crippen LogP contribution in [0, 0.1) is 0 Å². The topological polar surface area (TPSA) is 62.3 Å². The van der Waals surface area contributed by atoms with E-state index in [1.165, 1.54) is 0 Å². The standard InChI is InChI=1S/C11H23N3O2Si/c1-5-16-11-8-10(12)13-14(11)9-15-6-7-17(2,3)4/h8H,5-7,9H2,1-4H3,(H2,12,13). The molecule has 0 amide bonds. The summed E-state index contributed by atoms with van der Waals surface area (Å²) < 4.78 is 12.7. The van der Waals surface area contributed by atoms with E-state index in [4.69, 9.17) is 15.2 Å². The van der Waals surface area contributed by atoms with Gasteiger partial charge in [-0.05, 0) is 13.0 Å². The van der Waals surface area contributed by atoms with Crippen LogP contribution in [0.25, 0.3) is 0 Å². The molecule has 0 fully saturated rings. The predicted octanol–water partition coefficient (Wildman–Crippen LogP) is 2.18. The number of ether oxygens (including phenoxy) is 2. The summed E-state index contributed by atoms with van der Waals surface area (Å²) in [6, 6.07) is 2.86. The second-order valence-electron chi connectivity index (χ2n) is 5.19. The minimum atomic E-state index is -1.03. The smallest absolute Gasteiger partial charge is 0.216 e.